The number of hydrogen-bond acceptors (Lipinski definition) is 4. The molecule has 2 N–H and O–H groups in total. The van der Waals surface area contributed by atoms with Crippen LogP contribution in [0.3, 0.4) is 0 Å². The Morgan fingerprint density at radius 2 is 2.00 bits per heavy atom. The van der Waals surface area contributed by atoms with Gasteiger partial charge >= 0.3 is 0 Å². The maximum atomic E-state index is 12.4. The van der Waals surface area contributed by atoms with Crippen molar-refractivity contribution in [3.63, 3.8) is 0 Å². The lowest BCUT2D eigenvalue weighted by molar-refractivity contribution is -0.117. The molecule has 0 unspecified atom stereocenters. The average molecular weight is 342 g/mol. The summed E-state index contributed by atoms with van der Waals surface area (Å²) in [6.07, 6.45) is 0.925. The molecule has 0 aliphatic heterocycles. The summed E-state index contributed by atoms with van der Waals surface area (Å²) in [6.45, 7) is 3.23. The number of amides is 1. The molecular formula is C20H26N2O3. The summed E-state index contributed by atoms with van der Waals surface area (Å²) in [5.74, 6) is 0.679. The minimum Gasteiger partial charge on any atom is -0.496 e. The van der Waals surface area contributed by atoms with Crippen molar-refractivity contribution in [3.8, 4) is 5.75 Å². The van der Waals surface area contributed by atoms with E-state index in [0.29, 0.717) is 13.1 Å². The maximum Gasteiger partial charge on any atom is 0.238 e. The lowest BCUT2D eigenvalue weighted by Gasteiger charge is -2.22. The van der Waals surface area contributed by atoms with Gasteiger partial charge in [0.15, 0.2) is 0 Å². The van der Waals surface area contributed by atoms with Crippen molar-refractivity contribution in [2.75, 3.05) is 32.1 Å². The Balaban J connectivity index is 2.01. The standard InChI is InChI=1S/C20H26N2O3/c1-3-16-7-6-9-18(13-16)21-20(24)15-22(11-12-23)14-17-8-4-5-10-19(17)25-2/h4-10,13,23H,3,11-12,14-15H2,1-2H3,(H,21,24). The van der Waals surface area contributed by atoms with Crippen LogP contribution in [0, 0.1) is 0 Å². The van der Waals surface area contributed by atoms with Crippen LogP contribution in [-0.4, -0.2) is 42.7 Å². The number of hydrogen-bond donors (Lipinski definition) is 2. The third-order valence-electron chi connectivity index (χ3n) is 3.99. The predicted octanol–water partition coefficient (Wildman–Crippen LogP) is 2.69. The predicted molar refractivity (Wildman–Crippen MR) is 99.8 cm³/mol. The van der Waals surface area contributed by atoms with Crippen molar-refractivity contribution in [2.45, 2.75) is 19.9 Å². The van der Waals surface area contributed by atoms with E-state index in [1.807, 2.05) is 53.4 Å². The normalized spacial score (nSPS) is 10.7. The van der Waals surface area contributed by atoms with E-state index >= 15 is 0 Å². The molecule has 1 amide bonds. The molecule has 0 bridgehead atoms. The first kappa shape index (κ1) is 19.0. The van der Waals surface area contributed by atoms with Gasteiger partial charge in [-0.3, -0.25) is 9.69 Å². The number of aliphatic hydroxyl groups excluding tert-OH is 1. The molecular weight excluding hydrogens is 316 g/mol. The van der Waals surface area contributed by atoms with Crippen LogP contribution >= 0.6 is 0 Å². The molecule has 2 aromatic carbocycles. The highest BCUT2D eigenvalue weighted by Crippen LogP contribution is 2.19. The first-order valence-corrected chi connectivity index (χ1v) is 8.50. The zero-order valence-electron chi connectivity index (χ0n) is 14.9. The Hall–Kier alpha value is -2.37. The van der Waals surface area contributed by atoms with Gasteiger partial charge in [0.05, 0.1) is 20.3 Å². The number of methoxy groups -OCH3 is 1. The van der Waals surface area contributed by atoms with E-state index in [0.717, 1.165) is 23.4 Å². The van der Waals surface area contributed by atoms with Crippen molar-refractivity contribution < 1.29 is 14.6 Å². The van der Waals surface area contributed by atoms with E-state index in [-0.39, 0.29) is 19.1 Å². The molecule has 2 aromatic rings. The number of anilines is 1. The summed E-state index contributed by atoms with van der Waals surface area (Å²) in [5.41, 5.74) is 2.96. The van der Waals surface area contributed by atoms with Gasteiger partial charge < -0.3 is 15.2 Å². The number of aryl methyl sites for hydroxylation is 1. The Kier molecular flexibility index (Phi) is 7.44. The molecule has 0 radical (unpaired) electrons. The van der Waals surface area contributed by atoms with Gasteiger partial charge in [0.25, 0.3) is 0 Å². The molecule has 25 heavy (non-hydrogen) atoms. The van der Waals surface area contributed by atoms with Gasteiger partial charge in [-0.15, -0.1) is 0 Å². The molecule has 0 aromatic heterocycles. The number of rotatable bonds is 9. The summed E-state index contributed by atoms with van der Waals surface area (Å²) in [7, 11) is 1.63. The summed E-state index contributed by atoms with van der Waals surface area (Å²) >= 11 is 0. The van der Waals surface area contributed by atoms with Crippen molar-refractivity contribution in [1.82, 2.24) is 4.90 Å². The van der Waals surface area contributed by atoms with Crippen LogP contribution in [0.2, 0.25) is 0 Å². The van der Waals surface area contributed by atoms with Crippen molar-refractivity contribution >= 4 is 11.6 Å². The molecule has 0 fully saturated rings. The van der Waals surface area contributed by atoms with E-state index in [4.69, 9.17) is 4.74 Å². The van der Waals surface area contributed by atoms with Gasteiger partial charge in [0, 0.05) is 24.3 Å². The maximum absolute atomic E-state index is 12.4. The average Bonchev–Trinajstić information content (AvgIpc) is 2.62. The zero-order valence-corrected chi connectivity index (χ0v) is 14.9. The topological polar surface area (TPSA) is 61.8 Å². The Bertz CT molecular complexity index is 688. The number of nitrogens with zero attached hydrogens (tertiary/aromatic N) is 1. The molecule has 0 heterocycles. The number of benzene rings is 2. The monoisotopic (exact) mass is 342 g/mol. The van der Waals surface area contributed by atoms with Gasteiger partial charge in [0.1, 0.15) is 5.75 Å². The summed E-state index contributed by atoms with van der Waals surface area (Å²) < 4.78 is 5.36. The quantitative estimate of drug-likeness (QED) is 0.735. The molecule has 0 aliphatic carbocycles. The molecule has 0 saturated carbocycles. The second-order valence-corrected chi connectivity index (χ2v) is 5.85. The van der Waals surface area contributed by atoms with Crippen molar-refractivity contribution in [1.29, 1.82) is 0 Å². The lowest BCUT2D eigenvalue weighted by atomic mass is 10.1. The molecule has 5 heteroatoms. The summed E-state index contributed by atoms with van der Waals surface area (Å²) in [4.78, 5) is 14.3. The Morgan fingerprint density at radius 1 is 1.20 bits per heavy atom. The van der Waals surface area contributed by atoms with E-state index in [1.165, 1.54) is 5.56 Å². The van der Waals surface area contributed by atoms with Crippen LogP contribution in [0.15, 0.2) is 48.5 Å². The van der Waals surface area contributed by atoms with Gasteiger partial charge in [-0.25, -0.2) is 0 Å². The zero-order chi connectivity index (χ0) is 18.1. The molecule has 134 valence electrons. The Labute approximate surface area is 149 Å². The van der Waals surface area contributed by atoms with Gasteiger partial charge in [-0.1, -0.05) is 37.3 Å². The van der Waals surface area contributed by atoms with Gasteiger partial charge in [-0.2, -0.15) is 0 Å². The van der Waals surface area contributed by atoms with Crippen LogP contribution in [0.25, 0.3) is 0 Å². The second kappa shape index (κ2) is 9.81. The number of aliphatic hydroxyl groups is 1. The van der Waals surface area contributed by atoms with E-state index < -0.39 is 0 Å². The molecule has 0 aliphatic rings. The van der Waals surface area contributed by atoms with E-state index in [2.05, 4.69) is 12.2 Å². The van der Waals surface area contributed by atoms with Gasteiger partial charge in [0.2, 0.25) is 5.91 Å². The fourth-order valence-corrected chi connectivity index (χ4v) is 2.70. The van der Waals surface area contributed by atoms with Crippen LogP contribution < -0.4 is 10.1 Å². The smallest absolute Gasteiger partial charge is 0.238 e. The Morgan fingerprint density at radius 3 is 2.72 bits per heavy atom. The van der Waals surface area contributed by atoms with Crippen LogP contribution in [-0.2, 0) is 17.8 Å². The summed E-state index contributed by atoms with van der Waals surface area (Å²) in [5, 5.41) is 12.2. The number of ether oxygens (including phenoxy) is 1. The van der Waals surface area contributed by atoms with E-state index in [9.17, 15) is 9.90 Å². The minimum atomic E-state index is -0.100. The molecule has 5 nitrogen and oxygen atoms in total. The third-order valence-corrected chi connectivity index (χ3v) is 3.99. The highest BCUT2D eigenvalue weighted by Gasteiger charge is 2.13. The summed E-state index contributed by atoms with van der Waals surface area (Å²) in [6, 6.07) is 15.5. The number of carbonyl (C=O) groups is 1. The number of carbonyl (C=O) groups excluding carboxylic acids is 1. The third kappa shape index (κ3) is 5.89. The number of para-hydroxylation sites is 1. The minimum absolute atomic E-state index is 0.00620. The first-order valence-electron chi connectivity index (χ1n) is 8.50. The number of nitrogens with one attached hydrogen (secondary N) is 1. The second-order valence-electron chi connectivity index (χ2n) is 5.85. The van der Waals surface area contributed by atoms with Crippen LogP contribution in [0.1, 0.15) is 18.1 Å². The molecule has 0 spiro atoms. The lowest BCUT2D eigenvalue weighted by Crippen LogP contribution is -2.35. The van der Waals surface area contributed by atoms with Crippen LogP contribution in [0.4, 0.5) is 5.69 Å². The fraction of sp³-hybridized carbons (Fsp3) is 0.350. The largest absolute Gasteiger partial charge is 0.496 e. The molecule has 2 rings (SSSR count). The van der Waals surface area contributed by atoms with Crippen molar-refractivity contribution in [3.05, 3.63) is 59.7 Å². The van der Waals surface area contributed by atoms with Crippen LogP contribution in [0.5, 0.6) is 5.75 Å². The highest BCUT2D eigenvalue weighted by molar-refractivity contribution is 5.92. The SMILES string of the molecule is CCc1cccc(NC(=O)CN(CCO)Cc2ccccc2OC)c1. The fourth-order valence-electron chi connectivity index (χ4n) is 2.70. The molecule has 0 atom stereocenters. The first-order chi connectivity index (χ1) is 12.2. The van der Waals surface area contributed by atoms with Crippen molar-refractivity contribution in [2.24, 2.45) is 0 Å². The van der Waals surface area contributed by atoms with Gasteiger partial charge in [-0.05, 0) is 30.2 Å². The molecule has 0 saturated heterocycles. The van der Waals surface area contributed by atoms with E-state index in [1.54, 1.807) is 7.11 Å². The highest BCUT2D eigenvalue weighted by atomic mass is 16.5.